The van der Waals surface area contributed by atoms with Crippen molar-refractivity contribution in [3.8, 4) is 0 Å². The number of carbonyl (C=O) groups excluding carboxylic acids is 1. The van der Waals surface area contributed by atoms with E-state index in [-0.39, 0.29) is 5.97 Å². The summed E-state index contributed by atoms with van der Waals surface area (Å²) in [6, 6.07) is 13.1. The zero-order valence-corrected chi connectivity index (χ0v) is 14.6. The van der Waals surface area contributed by atoms with E-state index in [0.29, 0.717) is 12.1 Å². The summed E-state index contributed by atoms with van der Waals surface area (Å²) >= 11 is 3.18. The number of thiazole rings is 1. The van der Waals surface area contributed by atoms with Gasteiger partial charge in [-0.2, -0.15) is 0 Å². The van der Waals surface area contributed by atoms with Crippen LogP contribution >= 0.6 is 23.1 Å². The molecule has 0 bridgehead atoms. The molecule has 3 aromatic rings. The fourth-order valence-electron chi connectivity index (χ4n) is 1.95. The smallest absolute Gasteiger partial charge is 0.337 e. The summed E-state index contributed by atoms with van der Waals surface area (Å²) in [6.45, 7) is 0.642. The molecular weight excluding hydrogens is 342 g/mol. The van der Waals surface area contributed by atoms with E-state index in [2.05, 4.69) is 20.0 Å². The average molecular weight is 357 g/mol. The normalized spacial score (nSPS) is 10.4. The van der Waals surface area contributed by atoms with Gasteiger partial charge in [0.15, 0.2) is 5.13 Å². The number of anilines is 1. The third-order valence-corrected chi connectivity index (χ3v) is 5.15. The van der Waals surface area contributed by atoms with Crippen LogP contribution in [0.15, 0.2) is 64.1 Å². The Labute approximate surface area is 148 Å². The lowest BCUT2D eigenvalue weighted by atomic mass is 10.1. The average Bonchev–Trinajstić information content (AvgIpc) is 3.08. The molecule has 5 nitrogen and oxygen atoms in total. The molecule has 0 aliphatic heterocycles. The summed E-state index contributed by atoms with van der Waals surface area (Å²) in [5, 5.41) is 5.09. The molecule has 2 aromatic heterocycles. The van der Waals surface area contributed by atoms with Crippen LogP contribution < -0.4 is 5.32 Å². The lowest BCUT2D eigenvalue weighted by Gasteiger charge is -2.04. The number of methoxy groups -OCH3 is 1. The minimum atomic E-state index is -0.328. The Morgan fingerprint density at radius 2 is 2.04 bits per heavy atom. The molecule has 0 amide bonds. The van der Waals surface area contributed by atoms with Gasteiger partial charge in [-0.3, -0.25) is 0 Å². The SMILES string of the molecule is COC(=O)c1ccc(CNc2ncc(Sc3ccccn3)s2)cc1. The summed E-state index contributed by atoms with van der Waals surface area (Å²) in [5.41, 5.74) is 1.61. The van der Waals surface area contributed by atoms with Crippen LogP contribution in [-0.4, -0.2) is 23.0 Å². The van der Waals surface area contributed by atoms with Gasteiger partial charge in [0.05, 0.1) is 23.1 Å². The van der Waals surface area contributed by atoms with Crippen molar-refractivity contribution in [1.29, 1.82) is 0 Å². The number of nitrogens with one attached hydrogen (secondary N) is 1. The maximum atomic E-state index is 11.4. The Bertz CT molecular complexity index is 804. The third kappa shape index (κ3) is 4.33. The van der Waals surface area contributed by atoms with Crippen LogP contribution in [-0.2, 0) is 11.3 Å². The Hall–Kier alpha value is -2.38. The first-order valence-electron chi connectivity index (χ1n) is 7.20. The van der Waals surface area contributed by atoms with Crippen molar-refractivity contribution in [3.05, 3.63) is 66.0 Å². The Kier molecular flexibility index (Phi) is 5.45. The van der Waals surface area contributed by atoms with E-state index in [1.54, 1.807) is 41.4 Å². The number of esters is 1. The number of hydrogen-bond acceptors (Lipinski definition) is 7. The second-order valence-corrected chi connectivity index (χ2v) is 7.15. The van der Waals surface area contributed by atoms with Crippen LogP contribution in [0.4, 0.5) is 5.13 Å². The topological polar surface area (TPSA) is 64.1 Å². The van der Waals surface area contributed by atoms with Crippen LogP contribution in [0.25, 0.3) is 0 Å². The van der Waals surface area contributed by atoms with E-state index in [4.69, 9.17) is 0 Å². The van der Waals surface area contributed by atoms with Crippen LogP contribution in [0.3, 0.4) is 0 Å². The molecular formula is C17H15N3O2S2. The van der Waals surface area contributed by atoms with Gasteiger partial charge in [0, 0.05) is 12.7 Å². The fraction of sp³-hybridized carbons (Fsp3) is 0.118. The van der Waals surface area contributed by atoms with E-state index in [9.17, 15) is 4.79 Å². The zero-order chi connectivity index (χ0) is 16.8. The van der Waals surface area contributed by atoms with E-state index in [1.807, 2.05) is 36.5 Å². The highest BCUT2D eigenvalue weighted by Crippen LogP contribution is 2.32. The van der Waals surface area contributed by atoms with Crippen molar-refractivity contribution < 1.29 is 9.53 Å². The lowest BCUT2D eigenvalue weighted by molar-refractivity contribution is 0.0600. The summed E-state index contributed by atoms with van der Waals surface area (Å²) in [7, 11) is 1.38. The maximum absolute atomic E-state index is 11.4. The summed E-state index contributed by atoms with van der Waals surface area (Å²) < 4.78 is 5.77. The van der Waals surface area contributed by atoms with E-state index >= 15 is 0 Å². The van der Waals surface area contributed by atoms with Gasteiger partial charge in [-0.15, -0.1) is 0 Å². The van der Waals surface area contributed by atoms with Gasteiger partial charge < -0.3 is 10.1 Å². The summed E-state index contributed by atoms with van der Waals surface area (Å²) in [6.07, 6.45) is 3.62. The Morgan fingerprint density at radius 1 is 1.21 bits per heavy atom. The maximum Gasteiger partial charge on any atom is 0.337 e. The van der Waals surface area contributed by atoms with Gasteiger partial charge in [0.25, 0.3) is 0 Å². The molecule has 24 heavy (non-hydrogen) atoms. The monoisotopic (exact) mass is 357 g/mol. The molecule has 0 aliphatic rings. The molecule has 0 fully saturated rings. The highest BCUT2D eigenvalue weighted by atomic mass is 32.2. The van der Waals surface area contributed by atoms with Crippen LogP contribution in [0, 0.1) is 0 Å². The van der Waals surface area contributed by atoms with Gasteiger partial charge in [-0.05, 0) is 29.8 Å². The molecule has 0 aliphatic carbocycles. The third-order valence-electron chi connectivity index (χ3n) is 3.15. The fourth-order valence-corrected chi connectivity index (χ4v) is 3.73. The van der Waals surface area contributed by atoms with Crippen molar-refractivity contribution in [2.24, 2.45) is 0 Å². The number of hydrogen-bond donors (Lipinski definition) is 1. The Morgan fingerprint density at radius 3 is 2.75 bits per heavy atom. The number of benzene rings is 1. The first-order valence-corrected chi connectivity index (χ1v) is 8.84. The summed E-state index contributed by atoms with van der Waals surface area (Å²) in [4.78, 5) is 20.1. The molecule has 2 heterocycles. The molecule has 0 saturated heterocycles. The molecule has 7 heteroatoms. The summed E-state index contributed by atoms with van der Waals surface area (Å²) in [5.74, 6) is -0.328. The minimum absolute atomic E-state index is 0.328. The zero-order valence-electron chi connectivity index (χ0n) is 12.9. The highest BCUT2D eigenvalue weighted by Gasteiger charge is 2.06. The highest BCUT2D eigenvalue weighted by molar-refractivity contribution is 8.01. The number of rotatable bonds is 6. The van der Waals surface area contributed by atoms with Crippen LogP contribution in [0.1, 0.15) is 15.9 Å². The molecule has 122 valence electrons. The van der Waals surface area contributed by atoms with Crippen molar-refractivity contribution >= 4 is 34.2 Å². The second-order valence-electron chi connectivity index (χ2n) is 4.80. The van der Waals surface area contributed by atoms with Crippen molar-refractivity contribution in [1.82, 2.24) is 9.97 Å². The van der Waals surface area contributed by atoms with Gasteiger partial charge in [-0.25, -0.2) is 14.8 Å². The lowest BCUT2D eigenvalue weighted by Crippen LogP contribution is -2.02. The molecule has 0 atom stereocenters. The van der Waals surface area contributed by atoms with Crippen molar-refractivity contribution in [2.45, 2.75) is 15.8 Å². The standard InChI is InChI=1S/C17H15N3O2S2/c1-22-16(21)13-7-5-12(6-8-13)10-19-17-20-11-15(24-17)23-14-4-2-3-9-18-14/h2-9,11H,10H2,1H3,(H,19,20). The molecule has 0 unspecified atom stereocenters. The second kappa shape index (κ2) is 7.94. The predicted molar refractivity (Wildman–Crippen MR) is 95.6 cm³/mol. The molecule has 3 rings (SSSR count). The molecule has 0 radical (unpaired) electrons. The van der Waals surface area contributed by atoms with Gasteiger partial charge >= 0.3 is 5.97 Å². The van der Waals surface area contributed by atoms with Crippen LogP contribution in [0.2, 0.25) is 0 Å². The molecule has 1 N–H and O–H groups in total. The van der Waals surface area contributed by atoms with Gasteiger partial charge in [0.2, 0.25) is 0 Å². The van der Waals surface area contributed by atoms with Crippen molar-refractivity contribution in [2.75, 3.05) is 12.4 Å². The number of carbonyl (C=O) groups is 1. The number of aromatic nitrogens is 2. The molecule has 0 spiro atoms. The largest absolute Gasteiger partial charge is 0.465 e. The predicted octanol–water partition coefficient (Wildman–Crippen LogP) is 4.09. The van der Waals surface area contributed by atoms with E-state index in [0.717, 1.165) is 19.9 Å². The van der Waals surface area contributed by atoms with Gasteiger partial charge in [0.1, 0.15) is 5.03 Å². The van der Waals surface area contributed by atoms with Crippen LogP contribution in [0.5, 0.6) is 0 Å². The number of ether oxygens (including phenoxy) is 1. The molecule has 0 saturated carbocycles. The van der Waals surface area contributed by atoms with Gasteiger partial charge in [-0.1, -0.05) is 41.3 Å². The number of pyridine rings is 1. The molecule has 1 aromatic carbocycles. The van der Waals surface area contributed by atoms with E-state index in [1.165, 1.54) is 7.11 Å². The van der Waals surface area contributed by atoms with Crippen molar-refractivity contribution in [3.63, 3.8) is 0 Å². The number of nitrogens with zero attached hydrogens (tertiary/aromatic N) is 2. The first-order chi connectivity index (χ1) is 11.7. The van der Waals surface area contributed by atoms with E-state index < -0.39 is 0 Å². The minimum Gasteiger partial charge on any atom is -0.465 e. The quantitative estimate of drug-likeness (QED) is 0.671. The Balaban J connectivity index is 1.56. The first kappa shape index (κ1) is 16.5.